The summed E-state index contributed by atoms with van der Waals surface area (Å²) in [5, 5.41) is 11.8. The zero-order valence-corrected chi connectivity index (χ0v) is 9.26. The van der Waals surface area contributed by atoms with Gasteiger partial charge in [-0.2, -0.15) is 0 Å². The van der Waals surface area contributed by atoms with Gasteiger partial charge in [0.25, 0.3) is 5.91 Å². The van der Waals surface area contributed by atoms with Gasteiger partial charge in [0.2, 0.25) is 0 Å². The lowest BCUT2D eigenvalue weighted by Crippen LogP contribution is -2.27. The number of primary amides is 1. The van der Waals surface area contributed by atoms with Gasteiger partial charge in [-0.1, -0.05) is 6.92 Å². The zero-order chi connectivity index (χ0) is 10.9. The Morgan fingerprint density at radius 1 is 1.71 bits per heavy atom. The van der Waals surface area contributed by atoms with Crippen LogP contribution in [0.2, 0.25) is 0 Å². The minimum Gasteiger partial charge on any atom is -0.390 e. The lowest BCUT2D eigenvalue weighted by molar-refractivity contribution is 0.0546. The molecule has 1 rings (SSSR count). The molecule has 1 aromatic heterocycles. The summed E-state index contributed by atoms with van der Waals surface area (Å²) in [6.07, 6.45) is 0. The molecular formula is C9H14N2O2S. The molecule has 0 spiro atoms. The number of thiazole rings is 1. The topological polar surface area (TPSA) is 76.2 Å². The first-order chi connectivity index (χ1) is 6.32. The van der Waals surface area contributed by atoms with Gasteiger partial charge in [0.15, 0.2) is 5.01 Å². The summed E-state index contributed by atoms with van der Waals surface area (Å²) in [5.41, 5.74) is 4.94. The van der Waals surface area contributed by atoms with Gasteiger partial charge < -0.3 is 10.8 Å². The normalized spacial score (nSPS) is 14.0. The SMILES string of the molecule is C[C@H](c1csc(C(N)=O)n1)C(C)(C)O. The third-order valence-electron chi connectivity index (χ3n) is 2.24. The molecule has 78 valence electrons. The number of carbonyl (C=O) groups excluding carboxylic acids is 1. The van der Waals surface area contributed by atoms with Gasteiger partial charge in [0.1, 0.15) is 0 Å². The predicted molar refractivity (Wildman–Crippen MR) is 55.3 cm³/mol. The average Bonchev–Trinajstić information content (AvgIpc) is 2.48. The number of aromatic nitrogens is 1. The molecule has 1 aromatic rings. The van der Waals surface area contributed by atoms with E-state index in [1.54, 1.807) is 19.2 Å². The standard InChI is InChI=1S/C9H14N2O2S/c1-5(9(2,3)13)6-4-14-8(11-6)7(10)12/h4-5,13H,1-3H3,(H2,10,12)/t5-/m1/s1. The van der Waals surface area contributed by atoms with E-state index in [9.17, 15) is 9.90 Å². The van der Waals surface area contributed by atoms with E-state index < -0.39 is 11.5 Å². The summed E-state index contributed by atoms with van der Waals surface area (Å²) < 4.78 is 0. The number of rotatable bonds is 3. The van der Waals surface area contributed by atoms with Crippen LogP contribution in [0.25, 0.3) is 0 Å². The molecule has 1 amide bonds. The van der Waals surface area contributed by atoms with Crippen molar-refractivity contribution < 1.29 is 9.90 Å². The summed E-state index contributed by atoms with van der Waals surface area (Å²) in [6.45, 7) is 5.28. The fourth-order valence-corrected chi connectivity index (χ4v) is 1.72. The molecule has 5 heteroatoms. The van der Waals surface area contributed by atoms with Crippen LogP contribution < -0.4 is 5.73 Å². The van der Waals surface area contributed by atoms with Gasteiger partial charge in [-0.05, 0) is 13.8 Å². The largest absolute Gasteiger partial charge is 0.390 e. The maximum Gasteiger partial charge on any atom is 0.277 e. The summed E-state index contributed by atoms with van der Waals surface area (Å²) in [6, 6.07) is 0. The smallest absolute Gasteiger partial charge is 0.277 e. The van der Waals surface area contributed by atoms with Crippen LogP contribution in [0.4, 0.5) is 0 Å². The Kier molecular flexibility index (Phi) is 2.92. The van der Waals surface area contributed by atoms with Crippen LogP contribution in [-0.2, 0) is 0 Å². The molecule has 1 heterocycles. The maximum atomic E-state index is 10.8. The van der Waals surface area contributed by atoms with Gasteiger partial charge in [-0.3, -0.25) is 4.79 Å². The molecule has 0 saturated carbocycles. The number of amides is 1. The second-order valence-electron chi connectivity index (χ2n) is 3.82. The lowest BCUT2D eigenvalue weighted by atomic mass is 9.91. The van der Waals surface area contributed by atoms with Gasteiger partial charge in [0, 0.05) is 11.3 Å². The Balaban J connectivity index is 2.92. The van der Waals surface area contributed by atoms with E-state index in [-0.39, 0.29) is 10.9 Å². The van der Waals surface area contributed by atoms with Crippen molar-refractivity contribution >= 4 is 17.2 Å². The first-order valence-corrected chi connectivity index (χ1v) is 5.18. The molecule has 0 aliphatic rings. The molecule has 1 atom stereocenters. The monoisotopic (exact) mass is 214 g/mol. The highest BCUT2D eigenvalue weighted by molar-refractivity contribution is 7.11. The van der Waals surface area contributed by atoms with Crippen molar-refractivity contribution in [2.45, 2.75) is 32.3 Å². The van der Waals surface area contributed by atoms with Gasteiger partial charge in [0.05, 0.1) is 11.3 Å². The molecule has 0 aromatic carbocycles. The lowest BCUT2D eigenvalue weighted by Gasteiger charge is -2.23. The van der Waals surface area contributed by atoms with Crippen molar-refractivity contribution in [3.8, 4) is 0 Å². The third-order valence-corrected chi connectivity index (χ3v) is 3.11. The minimum absolute atomic E-state index is 0.119. The van der Waals surface area contributed by atoms with Crippen LogP contribution in [-0.4, -0.2) is 21.6 Å². The molecule has 4 nitrogen and oxygen atoms in total. The maximum absolute atomic E-state index is 10.8. The highest BCUT2D eigenvalue weighted by Crippen LogP contribution is 2.27. The number of aliphatic hydroxyl groups is 1. The van der Waals surface area contributed by atoms with Gasteiger partial charge in [-0.25, -0.2) is 4.98 Å². The Morgan fingerprint density at radius 2 is 2.29 bits per heavy atom. The second kappa shape index (κ2) is 3.67. The predicted octanol–water partition coefficient (Wildman–Crippen LogP) is 1.12. The summed E-state index contributed by atoms with van der Waals surface area (Å²) in [4.78, 5) is 14.9. The van der Waals surface area contributed by atoms with Crippen molar-refractivity contribution in [2.75, 3.05) is 0 Å². The molecule has 0 bridgehead atoms. The van der Waals surface area contributed by atoms with E-state index in [0.717, 1.165) is 0 Å². The van der Waals surface area contributed by atoms with Crippen LogP contribution in [0.1, 0.15) is 42.2 Å². The molecule has 14 heavy (non-hydrogen) atoms. The van der Waals surface area contributed by atoms with E-state index in [1.165, 1.54) is 11.3 Å². The molecule has 0 unspecified atom stereocenters. The zero-order valence-electron chi connectivity index (χ0n) is 8.44. The number of hydrogen-bond donors (Lipinski definition) is 2. The van der Waals surface area contributed by atoms with E-state index in [2.05, 4.69) is 4.98 Å². The minimum atomic E-state index is -0.844. The van der Waals surface area contributed by atoms with Crippen molar-refractivity contribution in [3.05, 3.63) is 16.1 Å². The van der Waals surface area contributed by atoms with Crippen LogP contribution in [0.5, 0.6) is 0 Å². The Morgan fingerprint density at radius 3 is 2.64 bits per heavy atom. The van der Waals surface area contributed by atoms with Gasteiger partial charge in [-0.15, -0.1) is 11.3 Å². The van der Waals surface area contributed by atoms with Crippen LogP contribution in [0.3, 0.4) is 0 Å². The Bertz CT molecular complexity index is 341. The number of hydrogen-bond acceptors (Lipinski definition) is 4. The number of carbonyl (C=O) groups is 1. The molecule has 0 radical (unpaired) electrons. The van der Waals surface area contributed by atoms with E-state index in [4.69, 9.17) is 5.73 Å². The fraction of sp³-hybridized carbons (Fsp3) is 0.556. The average molecular weight is 214 g/mol. The van der Waals surface area contributed by atoms with E-state index >= 15 is 0 Å². The van der Waals surface area contributed by atoms with Crippen LogP contribution in [0, 0.1) is 0 Å². The molecule has 0 aliphatic carbocycles. The van der Waals surface area contributed by atoms with E-state index in [0.29, 0.717) is 5.69 Å². The van der Waals surface area contributed by atoms with Crippen molar-refractivity contribution in [1.82, 2.24) is 4.98 Å². The molecular weight excluding hydrogens is 200 g/mol. The fourth-order valence-electron chi connectivity index (χ4n) is 0.960. The Labute approximate surface area is 86.8 Å². The van der Waals surface area contributed by atoms with Crippen LogP contribution in [0.15, 0.2) is 5.38 Å². The highest BCUT2D eigenvalue weighted by atomic mass is 32.1. The molecule has 0 fully saturated rings. The number of nitrogens with two attached hydrogens (primary N) is 1. The van der Waals surface area contributed by atoms with E-state index in [1.807, 2.05) is 6.92 Å². The highest BCUT2D eigenvalue weighted by Gasteiger charge is 2.26. The number of nitrogens with zero attached hydrogens (tertiary/aromatic N) is 1. The first-order valence-electron chi connectivity index (χ1n) is 4.30. The van der Waals surface area contributed by atoms with Crippen molar-refractivity contribution in [3.63, 3.8) is 0 Å². The molecule has 3 N–H and O–H groups in total. The second-order valence-corrected chi connectivity index (χ2v) is 4.68. The summed E-state index contributed by atoms with van der Waals surface area (Å²) in [7, 11) is 0. The first kappa shape index (κ1) is 11.1. The Hall–Kier alpha value is -0.940. The molecule has 0 saturated heterocycles. The summed E-state index contributed by atoms with van der Waals surface area (Å²) >= 11 is 1.21. The van der Waals surface area contributed by atoms with Crippen molar-refractivity contribution in [1.29, 1.82) is 0 Å². The molecule has 0 aliphatic heterocycles. The van der Waals surface area contributed by atoms with Crippen LogP contribution >= 0.6 is 11.3 Å². The summed E-state index contributed by atoms with van der Waals surface area (Å²) in [5.74, 6) is -0.643. The van der Waals surface area contributed by atoms with Crippen molar-refractivity contribution in [2.24, 2.45) is 5.73 Å². The quantitative estimate of drug-likeness (QED) is 0.791. The van der Waals surface area contributed by atoms with Gasteiger partial charge >= 0.3 is 0 Å². The third kappa shape index (κ3) is 2.30.